The third-order valence-corrected chi connectivity index (χ3v) is 4.47. The Kier molecular flexibility index (Phi) is 4.89. The Balaban J connectivity index is 1.83. The van der Waals surface area contributed by atoms with Gasteiger partial charge in [0.2, 0.25) is 5.91 Å². The first kappa shape index (κ1) is 14.8. The lowest BCUT2D eigenvalue weighted by Gasteiger charge is -2.27. The average molecular weight is 293 g/mol. The van der Waals surface area contributed by atoms with Crippen molar-refractivity contribution in [3.63, 3.8) is 0 Å². The Morgan fingerprint density at radius 3 is 1.82 bits per heavy atom. The Hall–Kier alpha value is -2.09. The van der Waals surface area contributed by atoms with Crippen molar-refractivity contribution < 1.29 is 4.79 Å². The molecule has 0 unspecified atom stereocenters. The fraction of sp³-hybridized carbons (Fsp3) is 0.350. The molecule has 1 aliphatic carbocycles. The van der Waals surface area contributed by atoms with Gasteiger partial charge < -0.3 is 0 Å². The number of benzene rings is 2. The summed E-state index contributed by atoms with van der Waals surface area (Å²) in [5.74, 6) is 0.764. The van der Waals surface area contributed by atoms with Crippen LogP contribution < -0.4 is 4.90 Å². The summed E-state index contributed by atoms with van der Waals surface area (Å²) in [5, 5.41) is 0. The van der Waals surface area contributed by atoms with Gasteiger partial charge in [-0.05, 0) is 43.0 Å². The zero-order chi connectivity index (χ0) is 15.2. The first-order valence-corrected chi connectivity index (χ1v) is 8.27. The maximum Gasteiger partial charge on any atom is 0.231 e. The zero-order valence-electron chi connectivity index (χ0n) is 12.9. The molecule has 22 heavy (non-hydrogen) atoms. The van der Waals surface area contributed by atoms with Crippen LogP contribution in [0.1, 0.15) is 38.5 Å². The molecule has 1 amide bonds. The van der Waals surface area contributed by atoms with Gasteiger partial charge in [0, 0.05) is 17.8 Å². The Labute approximate surface area is 132 Å². The van der Waals surface area contributed by atoms with Crippen molar-refractivity contribution in [2.45, 2.75) is 38.5 Å². The molecule has 2 nitrogen and oxygen atoms in total. The lowest BCUT2D eigenvalue weighted by Crippen LogP contribution is -2.28. The number of carbonyl (C=O) groups is 1. The van der Waals surface area contributed by atoms with E-state index in [-0.39, 0.29) is 5.91 Å². The molecule has 0 spiro atoms. The first-order chi connectivity index (χ1) is 10.8. The van der Waals surface area contributed by atoms with Gasteiger partial charge >= 0.3 is 0 Å². The number of anilines is 2. The molecule has 114 valence electrons. The van der Waals surface area contributed by atoms with Crippen molar-refractivity contribution in [1.82, 2.24) is 0 Å². The quantitative estimate of drug-likeness (QED) is 0.747. The van der Waals surface area contributed by atoms with Crippen molar-refractivity contribution >= 4 is 17.3 Å². The van der Waals surface area contributed by atoms with Gasteiger partial charge in [-0.15, -0.1) is 0 Å². The van der Waals surface area contributed by atoms with Crippen LogP contribution in [0.25, 0.3) is 0 Å². The number of hydrogen-bond acceptors (Lipinski definition) is 1. The predicted molar refractivity (Wildman–Crippen MR) is 91.2 cm³/mol. The van der Waals surface area contributed by atoms with Gasteiger partial charge in [-0.25, -0.2) is 0 Å². The summed E-state index contributed by atoms with van der Waals surface area (Å²) in [6.07, 6.45) is 6.92. The normalized spacial score (nSPS) is 15.5. The highest BCUT2D eigenvalue weighted by molar-refractivity contribution is 6.00. The molecule has 0 heterocycles. The first-order valence-electron chi connectivity index (χ1n) is 8.27. The van der Waals surface area contributed by atoms with Gasteiger partial charge in [-0.2, -0.15) is 0 Å². The molecule has 2 aromatic rings. The number of amides is 1. The van der Waals surface area contributed by atoms with E-state index in [2.05, 4.69) is 0 Å². The molecule has 0 aromatic heterocycles. The molecular weight excluding hydrogens is 270 g/mol. The van der Waals surface area contributed by atoms with Crippen LogP contribution in [0.15, 0.2) is 60.7 Å². The molecule has 0 radical (unpaired) electrons. The van der Waals surface area contributed by atoms with Gasteiger partial charge in [-0.3, -0.25) is 9.69 Å². The summed E-state index contributed by atoms with van der Waals surface area (Å²) >= 11 is 0. The van der Waals surface area contributed by atoms with E-state index in [1.807, 2.05) is 65.6 Å². The molecule has 1 aliphatic rings. The van der Waals surface area contributed by atoms with Crippen molar-refractivity contribution in [2.75, 3.05) is 4.90 Å². The summed E-state index contributed by atoms with van der Waals surface area (Å²) in [4.78, 5) is 14.8. The summed E-state index contributed by atoms with van der Waals surface area (Å²) in [5.41, 5.74) is 1.91. The maximum atomic E-state index is 12.9. The second kappa shape index (κ2) is 7.26. The van der Waals surface area contributed by atoms with Crippen molar-refractivity contribution in [1.29, 1.82) is 0 Å². The minimum absolute atomic E-state index is 0.212. The third kappa shape index (κ3) is 3.56. The van der Waals surface area contributed by atoms with Gasteiger partial charge in [-0.1, -0.05) is 55.7 Å². The van der Waals surface area contributed by atoms with Crippen LogP contribution in [0.2, 0.25) is 0 Å². The molecule has 1 fully saturated rings. The van der Waals surface area contributed by atoms with Crippen LogP contribution >= 0.6 is 0 Å². The molecule has 0 atom stereocenters. The Morgan fingerprint density at radius 2 is 1.32 bits per heavy atom. The number of carbonyl (C=O) groups excluding carboxylic acids is 1. The average Bonchev–Trinajstić information content (AvgIpc) is 2.58. The van der Waals surface area contributed by atoms with Gasteiger partial charge in [0.15, 0.2) is 0 Å². The monoisotopic (exact) mass is 293 g/mol. The fourth-order valence-corrected chi connectivity index (χ4v) is 3.32. The maximum absolute atomic E-state index is 12.9. The van der Waals surface area contributed by atoms with Crippen LogP contribution in [0.3, 0.4) is 0 Å². The van der Waals surface area contributed by atoms with Crippen LogP contribution in [0, 0.1) is 5.92 Å². The Bertz CT molecular complexity index is 548. The van der Waals surface area contributed by atoms with Crippen molar-refractivity contribution in [3.8, 4) is 0 Å². The number of hydrogen-bond donors (Lipinski definition) is 0. The standard InChI is InChI=1S/C20H23NO/c22-20(16-17-10-4-1-5-11-17)21(18-12-6-2-7-13-18)19-14-8-3-9-15-19/h2-3,6-9,12-15,17H,1,4-5,10-11,16H2. The van der Waals surface area contributed by atoms with E-state index in [4.69, 9.17) is 0 Å². The summed E-state index contributed by atoms with van der Waals surface area (Å²) in [7, 11) is 0. The van der Waals surface area contributed by atoms with E-state index in [0.717, 1.165) is 11.4 Å². The molecule has 0 saturated heterocycles. The highest BCUT2D eigenvalue weighted by Crippen LogP contribution is 2.31. The van der Waals surface area contributed by atoms with E-state index in [0.29, 0.717) is 12.3 Å². The van der Waals surface area contributed by atoms with E-state index >= 15 is 0 Å². The van der Waals surface area contributed by atoms with Crippen LogP contribution in [-0.2, 0) is 4.79 Å². The van der Waals surface area contributed by atoms with Crippen molar-refractivity contribution in [3.05, 3.63) is 60.7 Å². The van der Waals surface area contributed by atoms with E-state index in [9.17, 15) is 4.79 Å². The second-order valence-corrected chi connectivity index (χ2v) is 6.11. The van der Waals surface area contributed by atoms with E-state index in [1.54, 1.807) is 0 Å². The zero-order valence-corrected chi connectivity index (χ0v) is 12.9. The van der Waals surface area contributed by atoms with Crippen molar-refractivity contribution in [2.24, 2.45) is 5.92 Å². The number of nitrogens with zero attached hydrogens (tertiary/aromatic N) is 1. The van der Waals surface area contributed by atoms with Gasteiger partial charge in [0.05, 0.1) is 0 Å². The Morgan fingerprint density at radius 1 is 0.818 bits per heavy atom. The lowest BCUT2D eigenvalue weighted by molar-refractivity contribution is -0.119. The molecule has 1 saturated carbocycles. The lowest BCUT2D eigenvalue weighted by atomic mass is 9.86. The minimum atomic E-state index is 0.212. The summed E-state index contributed by atoms with van der Waals surface area (Å²) < 4.78 is 0. The molecule has 2 heteroatoms. The number of para-hydroxylation sites is 2. The van der Waals surface area contributed by atoms with E-state index < -0.39 is 0 Å². The molecule has 0 N–H and O–H groups in total. The molecular formula is C20H23NO. The molecule has 2 aromatic carbocycles. The minimum Gasteiger partial charge on any atom is -0.281 e. The van der Waals surface area contributed by atoms with Crippen LogP contribution in [0.4, 0.5) is 11.4 Å². The third-order valence-electron chi connectivity index (χ3n) is 4.47. The van der Waals surface area contributed by atoms with Gasteiger partial charge in [0.25, 0.3) is 0 Å². The molecule has 0 bridgehead atoms. The number of rotatable bonds is 4. The summed E-state index contributed by atoms with van der Waals surface area (Å²) in [6.45, 7) is 0. The smallest absolute Gasteiger partial charge is 0.231 e. The molecule has 3 rings (SSSR count). The van der Waals surface area contributed by atoms with Crippen LogP contribution in [0.5, 0.6) is 0 Å². The second-order valence-electron chi connectivity index (χ2n) is 6.11. The molecule has 0 aliphatic heterocycles. The van der Waals surface area contributed by atoms with Gasteiger partial charge in [0.1, 0.15) is 0 Å². The topological polar surface area (TPSA) is 20.3 Å². The van der Waals surface area contributed by atoms with E-state index in [1.165, 1.54) is 32.1 Å². The van der Waals surface area contributed by atoms with Crippen LogP contribution in [-0.4, -0.2) is 5.91 Å². The summed E-state index contributed by atoms with van der Waals surface area (Å²) in [6, 6.07) is 19.9. The highest BCUT2D eigenvalue weighted by atomic mass is 16.2. The fourth-order valence-electron chi connectivity index (χ4n) is 3.32. The predicted octanol–water partition coefficient (Wildman–Crippen LogP) is 5.32. The largest absolute Gasteiger partial charge is 0.281 e. The highest BCUT2D eigenvalue weighted by Gasteiger charge is 2.23. The SMILES string of the molecule is O=C(CC1CCCCC1)N(c1ccccc1)c1ccccc1.